The van der Waals surface area contributed by atoms with Gasteiger partial charge in [-0.25, -0.2) is 0 Å². The molecule has 0 saturated heterocycles. The molecule has 0 radical (unpaired) electrons. The Labute approximate surface area is 242 Å². The van der Waals surface area contributed by atoms with Gasteiger partial charge < -0.3 is 19.2 Å². The van der Waals surface area contributed by atoms with Gasteiger partial charge in [0.25, 0.3) is 11.1 Å². The van der Waals surface area contributed by atoms with E-state index in [-0.39, 0.29) is 23.2 Å². The fourth-order valence-corrected chi connectivity index (χ4v) is 5.07. The lowest BCUT2D eigenvalue weighted by atomic mass is 9.90. The van der Waals surface area contributed by atoms with Crippen LogP contribution in [0.25, 0.3) is 10.4 Å². The number of thiophene rings is 2. The van der Waals surface area contributed by atoms with Crippen molar-refractivity contribution in [1.29, 1.82) is 0 Å². The van der Waals surface area contributed by atoms with Crippen LogP contribution in [0.1, 0.15) is 59.1 Å². The summed E-state index contributed by atoms with van der Waals surface area (Å²) in [7, 11) is -1.46. The Morgan fingerprint density at radius 3 is 1.74 bits per heavy atom. The van der Waals surface area contributed by atoms with E-state index in [0.717, 1.165) is 31.6 Å². The zero-order valence-electron chi connectivity index (χ0n) is 21.3. The standard InChI is InChI=1S/C13H13NO2S.C8H10INO.C5H5BO3S/c1-9(2)14-7-10(3-6-13(14)16)12-5-4-11(8-15)17-12;1-6(2)10-5-7(9)3-4-8(10)11;7-3-4-1-2-5(10-4)6(8)9/h3-9H,1-2H3;3-6H,1-2H3;1-3,8-9H. The van der Waals surface area contributed by atoms with Gasteiger partial charge in [-0.1, -0.05) is 6.07 Å². The predicted molar refractivity (Wildman–Crippen MR) is 163 cm³/mol. The molecule has 0 fully saturated rings. The highest BCUT2D eigenvalue weighted by atomic mass is 127. The van der Waals surface area contributed by atoms with E-state index in [0.29, 0.717) is 20.8 Å². The third-order valence-electron chi connectivity index (χ3n) is 5.00. The van der Waals surface area contributed by atoms with Gasteiger partial charge in [0.05, 0.1) is 9.75 Å². The number of rotatable bonds is 6. The van der Waals surface area contributed by atoms with Crippen molar-refractivity contribution in [1.82, 2.24) is 9.13 Å². The minimum atomic E-state index is -1.46. The van der Waals surface area contributed by atoms with Gasteiger partial charge in [-0.3, -0.25) is 19.2 Å². The van der Waals surface area contributed by atoms with Crippen molar-refractivity contribution in [3.63, 3.8) is 0 Å². The Hall–Kier alpha value is -2.65. The number of carbonyl (C=O) groups is 2. The lowest BCUT2D eigenvalue weighted by Gasteiger charge is -2.10. The summed E-state index contributed by atoms with van der Waals surface area (Å²) in [6.07, 6.45) is 5.23. The minimum Gasteiger partial charge on any atom is -0.423 e. The average Bonchev–Trinajstić information content (AvgIpc) is 3.56. The smallest absolute Gasteiger partial charge is 0.423 e. The van der Waals surface area contributed by atoms with Crippen molar-refractivity contribution in [3.8, 4) is 10.4 Å². The minimum absolute atomic E-state index is 0.00378. The maximum absolute atomic E-state index is 11.6. The van der Waals surface area contributed by atoms with Crippen LogP contribution in [0.3, 0.4) is 0 Å². The highest BCUT2D eigenvalue weighted by molar-refractivity contribution is 14.1. The molecule has 0 aliphatic carbocycles. The zero-order chi connectivity index (χ0) is 28.4. The Bertz CT molecular complexity index is 1470. The molecule has 4 heterocycles. The summed E-state index contributed by atoms with van der Waals surface area (Å²) in [5.74, 6) is 0. The van der Waals surface area contributed by atoms with Gasteiger partial charge in [-0.15, -0.1) is 22.7 Å². The van der Waals surface area contributed by atoms with E-state index in [1.165, 1.54) is 17.4 Å². The molecule has 0 aliphatic heterocycles. The van der Waals surface area contributed by atoms with Crippen LogP contribution < -0.4 is 15.9 Å². The number of halogens is 1. The number of hydrogen-bond acceptors (Lipinski definition) is 8. The van der Waals surface area contributed by atoms with Gasteiger partial charge >= 0.3 is 7.12 Å². The van der Waals surface area contributed by atoms with Crippen molar-refractivity contribution < 1.29 is 19.6 Å². The molecule has 0 bridgehead atoms. The summed E-state index contributed by atoms with van der Waals surface area (Å²) in [4.78, 5) is 45.7. The second kappa shape index (κ2) is 15.1. The van der Waals surface area contributed by atoms with Gasteiger partial charge in [-0.05, 0) is 80.6 Å². The van der Waals surface area contributed by atoms with E-state index in [1.54, 1.807) is 39.5 Å². The molecule has 200 valence electrons. The zero-order valence-corrected chi connectivity index (χ0v) is 25.1. The number of hydrogen-bond donors (Lipinski definition) is 2. The van der Waals surface area contributed by atoms with Gasteiger partial charge in [0.1, 0.15) is 0 Å². The molecule has 0 spiro atoms. The number of aromatic nitrogens is 2. The van der Waals surface area contributed by atoms with Crippen molar-refractivity contribution in [2.75, 3.05) is 0 Å². The fourth-order valence-electron chi connectivity index (χ4n) is 3.07. The molecule has 0 aromatic carbocycles. The first-order chi connectivity index (χ1) is 18.0. The van der Waals surface area contributed by atoms with E-state index in [2.05, 4.69) is 22.6 Å². The third-order valence-corrected chi connectivity index (χ3v) is 7.75. The number of nitrogens with zero attached hydrogens (tertiary/aromatic N) is 2. The summed E-state index contributed by atoms with van der Waals surface area (Å²) in [5.41, 5.74) is 1.03. The van der Waals surface area contributed by atoms with Crippen LogP contribution in [0, 0.1) is 3.57 Å². The summed E-state index contributed by atoms with van der Waals surface area (Å²) in [6, 6.07) is 13.9. The van der Waals surface area contributed by atoms with Gasteiger partial charge in [0.15, 0.2) is 12.6 Å². The van der Waals surface area contributed by atoms with Crippen LogP contribution in [-0.2, 0) is 0 Å². The largest absolute Gasteiger partial charge is 0.499 e. The van der Waals surface area contributed by atoms with Crippen LogP contribution in [0.5, 0.6) is 0 Å². The quantitative estimate of drug-likeness (QED) is 0.181. The number of aldehydes is 2. The van der Waals surface area contributed by atoms with Crippen molar-refractivity contribution in [3.05, 3.63) is 95.0 Å². The van der Waals surface area contributed by atoms with E-state index in [1.807, 2.05) is 52.2 Å². The predicted octanol–water partition coefficient (Wildman–Crippen LogP) is 4.24. The molecule has 0 amide bonds. The molecule has 38 heavy (non-hydrogen) atoms. The normalized spacial score (nSPS) is 10.3. The monoisotopic (exact) mass is 666 g/mol. The van der Waals surface area contributed by atoms with Crippen LogP contribution in [0.4, 0.5) is 0 Å². The maximum Gasteiger partial charge on any atom is 0.499 e. The molecular formula is C26H28BIN2O6S2. The maximum atomic E-state index is 11.6. The second-order valence-corrected chi connectivity index (χ2v) is 12.0. The molecule has 4 aromatic heterocycles. The Morgan fingerprint density at radius 1 is 0.763 bits per heavy atom. The van der Waals surface area contributed by atoms with Crippen LogP contribution in [-0.4, -0.2) is 38.9 Å². The first kappa shape index (κ1) is 31.6. The lowest BCUT2D eigenvalue weighted by Crippen LogP contribution is -2.26. The summed E-state index contributed by atoms with van der Waals surface area (Å²) < 4.78 is 4.90. The first-order valence-electron chi connectivity index (χ1n) is 11.5. The SMILES string of the molecule is CC(C)n1cc(-c2ccc(C=O)s2)ccc1=O.CC(C)n1cc(I)ccc1=O.O=Cc1ccc(B(O)O)s1. The topological polar surface area (TPSA) is 119 Å². The molecule has 0 aliphatic rings. The molecule has 8 nitrogen and oxygen atoms in total. The van der Waals surface area contributed by atoms with Gasteiger partial charge in [0.2, 0.25) is 0 Å². The lowest BCUT2D eigenvalue weighted by molar-refractivity contribution is 0.111. The Balaban J connectivity index is 0.000000211. The van der Waals surface area contributed by atoms with Crippen LogP contribution in [0.15, 0.2) is 70.5 Å². The molecule has 2 N–H and O–H groups in total. The molecule has 0 unspecified atom stereocenters. The van der Waals surface area contributed by atoms with E-state index in [4.69, 9.17) is 10.0 Å². The second-order valence-electron chi connectivity index (χ2n) is 8.50. The average molecular weight is 666 g/mol. The van der Waals surface area contributed by atoms with Crippen LogP contribution in [0.2, 0.25) is 0 Å². The van der Waals surface area contributed by atoms with Crippen molar-refractivity contribution in [2.45, 2.75) is 39.8 Å². The van der Waals surface area contributed by atoms with Gasteiger partial charge in [0, 0.05) is 55.4 Å². The first-order valence-corrected chi connectivity index (χ1v) is 14.2. The highest BCUT2D eigenvalue weighted by Crippen LogP contribution is 2.26. The number of pyridine rings is 2. The molecule has 12 heteroatoms. The molecule has 0 saturated carbocycles. The van der Waals surface area contributed by atoms with Crippen molar-refractivity contribution in [2.24, 2.45) is 0 Å². The molecule has 4 aromatic rings. The Morgan fingerprint density at radius 2 is 1.29 bits per heavy atom. The van der Waals surface area contributed by atoms with Gasteiger partial charge in [-0.2, -0.15) is 0 Å². The molecule has 4 rings (SSSR count). The van der Waals surface area contributed by atoms with Crippen LogP contribution >= 0.6 is 45.3 Å². The number of carbonyl (C=O) groups excluding carboxylic acids is 2. The third kappa shape index (κ3) is 9.28. The highest BCUT2D eigenvalue weighted by Gasteiger charge is 2.12. The van der Waals surface area contributed by atoms with E-state index >= 15 is 0 Å². The summed E-state index contributed by atoms with van der Waals surface area (Å²) in [5, 5.41) is 17.2. The van der Waals surface area contributed by atoms with E-state index < -0.39 is 7.12 Å². The molecular weight excluding hydrogens is 638 g/mol. The molecule has 0 atom stereocenters. The fraction of sp³-hybridized carbons (Fsp3) is 0.231. The van der Waals surface area contributed by atoms with E-state index in [9.17, 15) is 19.2 Å². The Kier molecular flexibility index (Phi) is 12.5. The van der Waals surface area contributed by atoms with Crippen molar-refractivity contribution >= 4 is 69.7 Å². The summed E-state index contributed by atoms with van der Waals surface area (Å²) in [6.45, 7) is 7.93. The summed E-state index contributed by atoms with van der Waals surface area (Å²) >= 11 is 4.70.